The number of nitrogens with one attached hydrogen (secondary N) is 2. The predicted molar refractivity (Wildman–Crippen MR) is 111 cm³/mol. The molecule has 8 heteroatoms. The highest BCUT2D eigenvalue weighted by Gasteiger charge is 2.21. The van der Waals surface area contributed by atoms with E-state index in [0.717, 1.165) is 23.4 Å². The summed E-state index contributed by atoms with van der Waals surface area (Å²) in [5, 5.41) is 3.29. The molecule has 1 aliphatic rings. The van der Waals surface area contributed by atoms with E-state index in [1.54, 1.807) is 18.3 Å². The van der Waals surface area contributed by atoms with Gasteiger partial charge in [0, 0.05) is 30.4 Å². The van der Waals surface area contributed by atoms with Crippen LogP contribution in [-0.4, -0.2) is 40.6 Å². The first kappa shape index (κ1) is 19.3. The van der Waals surface area contributed by atoms with Crippen LogP contribution in [0.4, 0.5) is 0 Å². The van der Waals surface area contributed by atoms with Crippen molar-refractivity contribution in [3.63, 3.8) is 0 Å². The van der Waals surface area contributed by atoms with Crippen molar-refractivity contribution in [1.29, 1.82) is 0 Å². The average Bonchev–Trinajstić information content (AvgIpc) is 3.16. The molecular weight excluding hydrogens is 392 g/mol. The SMILES string of the molecule is CCOc1cc(-c2nccc(-c3cc4c([nH]3)CCNC4=O)n2)cc(Cl)c1OCC. The molecule has 0 saturated carbocycles. The number of nitrogens with zero attached hydrogens (tertiary/aromatic N) is 2. The lowest BCUT2D eigenvalue weighted by atomic mass is 10.1. The van der Waals surface area contributed by atoms with Crippen LogP contribution in [-0.2, 0) is 6.42 Å². The maximum atomic E-state index is 12.0. The van der Waals surface area contributed by atoms with E-state index in [1.807, 2.05) is 26.0 Å². The van der Waals surface area contributed by atoms with E-state index < -0.39 is 0 Å². The van der Waals surface area contributed by atoms with Gasteiger partial charge in [-0.1, -0.05) is 11.6 Å². The number of aromatic amines is 1. The molecule has 0 unspecified atom stereocenters. The van der Waals surface area contributed by atoms with E-state index in [0.29, 0.717) is 53.4 Å². The Kier molecular flexibility index (Phi) is 5.40. The maximum absolute atomic E-state index is 12.0. The van der Waals surface area contributed by atoms with Crippen molar-refractivity contribution >= 4 is 17.5 Å². The van der Waals surface area contributed by atoms with E-state index in [4.69, 9.17) is 21.1 Å². The van der Waals surface area contributed by atoms with E-state index >= 15 is 0 Å². The van der Waals surface area contributed by atoms with Crippen LogP contribution in [0.3, 0.4) is 0 Å². The molecule has 3 heterocycles. The Labute approximate surface area is 173 Å². The number of halogens is 1. The van der Waals surface area contributed by atoms with Crippen LogP contribution in [0.15, 0.2) is 30.5 Å². The Morgan fingerprint density at radius 1 is 1.17 bits per heavy atom. The number of H-pyrrole nitrogens is 1. The monoisotopic (exact) mass is 412 g/mol. The molecule has 7 nitrogen and oxygen atoms in total. The van der Waals surface area contributed by atoms with Gasteiger partial charge in [0.2, 0.25) is 0 Å². The third-order valence-corrected chi connectivity index (χ3v) is 4.87. The van der Waals surface area contributed by atoms with Gasteiger partial charge in [0.05, 0.1) is 35.2 Å². The fourth-order valence-corrected chi connectivity index (χ4v) is 3.59. The Morgan fingerprint density at radius 2 is 2.00 bits per heavy atom. The summed E-state index contributed by atoms with van der Waals surface area (Å²) in [7, 11) is 0. The Hall–Kier alpha value is -3.06. The van der Waals surface area contributed by atoms with Crippen LogP contribution in [0.5, 0.6) is 11.5 Å². The molecule has 1 amide bonds. The van der Waals surface area contributed by atoms with Crippen molar-refractivity contribution in [2.24, 2.45) is 0 Å². The second kappa shape index (κ2) is 8.13. The summed E-state index contributed by atoms with van der Waals surface area (Å²) in [5.74, 6) is 1.50. The summed E-state index contributed by atoms with van der Waals surface area (Å²) in [5.41, 5.74) is 3.77. The zero-order chi connectivity index (χ0) is 20.4. The number of ether oxygens (including phenoxy) is 2. The van der Waals surface area contributed by atoms with Crippen molar-refractivity contribution in [2.45, 2.75) is 20.3 Å². The lowest BCUT2D eigenvalue weighted by Gasteiger charge is -2.14. The van der Waals surface area contributed by atoms with Crippen LogP contribution in [0, 0.1) is 0 Å². The molecule has 0 bridgehead atoms. The second-order valence-electron chi connectivity index (χ2n) is 6.50. The topological polar surface area (TPSA) is 89.1 Å². The van der Waals surface area contributed by atoms with Crippen molar-refractivity contribution in [1.82, 2.24) is 20.3 Å². The van der Waals surface area contributed by atoms with Crippen molar-refractivity contribution < 1.29 is 14.3 Å². The number of fused-ring (bicyclic) bond motifs is 1. The number of rotatable bonds is 6. The van der Waals surface area contributed by atoms with Crippen LogP contribution in [0.2, 0.25) is 5.02 Å². The Balaban J connectivity index is 1.73. The summed E-state index contributed by atoms with van der Waals surface area (Å²) < 4.78 is 11.3. The number of hydrogen-bond donors (Lipinski definition) is 2. The highest BCUT2D eigenvalue weighted by Crippen LogP contribution is 2.39. The largest absolute Gasteiger partial charge is 0.490 e. The van der Waals surface area contributed by atoms with Gasteiger partial charge < -0.3 is 19.8 Å². The van der Waals surface area contributed by atoms with E-state index in [2.05, 4.69) is 20.3 Å². The van der Waals surface area contributed by atoms with Gasteiger partial charge >= 0.3 is 0 Å². The molecule has 0 radical (unpaired) electrons. The molecule has 29 heavy (non-hydrogen) atoms. The number of amides is 1. The first-order valence-electron chi connectivity index (χ1n) is 9.53. The van der Waals surface area contributed by atoms with Gasteiger partial charge in [0.25, 0.3) is 5.91 Å². The zero-order valence-electron chi connectivity index (χ0n) is 16.2. The minimum Gasteiger partial charge on any atom is -0.490 e. The second-order valence-corrected chi connectivity index (χ2v) is 6.91. The first-order chi connectivity index (χ1) is 14.1. The molecule has 150 valence electrons. The zero-order valence-corrected chi connectivity index (χ0v) is 17.0. The van der Waals surface area contributed by atoms with Gasteiger partial charge in [-0.3, -0.25) is 4.79 Å². The predicted octanol–water partition coefficient (Wildman–Crippen LogP) is 3.88. The molecular formula is C21H21ClN4O3. The standard InChI is InChI=1S/C21H21ClN4O3/c1-3-28-18-10-12(9-14(22)19(18)29-4-2)20-23-7-6-16(26-20)17-11-13-15(25-17)5-8-24-21(13)27/h6-7,9-11,25H,3-5,8H2,1-2H3,(H,24,27). The first-order valence-corrected chi connectivity index (χ1v) is 9.91. The molecule has 1 aromatic carbocycles. The minimum atomic E-state index is -0.0670. The Morgan fingerprint density at radius 3 is 2.76 bits per heavy atom. The summed E-state index contributed by atoms with van der Waals surface area (Å²) >= 11 is 6.43. The van der Waals surface area contributed by atoms with Crippen LogP contribution in [0.25, 0.3) is 22.8 Å². The summed E-state index contributed by atoms with van der Waals surface area (Å²) in [6.45, 7) is 5.39. The minimum absolute atomic E-state index is 0.0670. The van der Waals surface area contributed by atoms with E-state index in [1.165, 1.54) is 0 Å². The molecule has 4 rings (SSSR count). The molecule has 1 aliphatic heterocycles. The number of benzene rings is 1. The molecule has 0 saturated heterocycles. The molecule has 2 N–H and O–H groups in total. The lowest BCUT2D eigenvalue weighted by Crippen LogP contribution is -2.31. The van der Waals surface area contributed by atoms with Crippen LogP contribution >= 0.6 is 11.6 Å². The number of aromatic nitrogens is 3. The van der Waals surface area contributed by atoms with E-state index in [9.17, 15) is 4.79 Å². The van der Waals surface area contributed by atoms with Gasteiger partial charge in [0.1, 0.15) is 0 Å². The summed E-state index contributed by atoms with van der Waals surface area (Å²) in [6.07, 6.45) is 2.45. The van der Waals surface area contributed by atoms with Gasteiger partial charge in [0.15, 0.2) is 17.3 Å². The molecule has 0 fully saturated rings. The molecule has 0 spiro atoms. The summed E-state index contributed by atoms with van der Waals surface area (Å²) in [4.78, 5) is 24.4. The highest BCUT2D eigenvalue weighted by molar-refractivity contribution is 6.32. The maximum Gasteiger partial charge on any atom is 0.253 e. The Bertz CT molecular complexity index is 1060. The van der Waals surface area contributed by atoms with Gasteiger partial charge in [-0.05, 0) is 38.1 Å². The average molecular weight is 413 g/mol. The quantitative estimate of drug-likeness (QED) is 0.641. The van der Waals surface area contributed by atoms with Gasteiger partial charge in [-0.2, -0.15) is 0 Å². The smallest absolute Gasteiger partial charge is 0.253 e. The highest BCUT2D eigenvalue weighted by atomic mass is 35.5. The third kappa shape index (κ3) is 3.78. The van der Waals surface area contributed by atoms with Gasteiger partial charge in [-0.25, -0.2) is 9.97 Å². The summed E-state index contributed by atoms with van der Waals surface area (Å²) in [6, 6.07) is 7.22. The normalized spacial score (nSPS) is 13.0. The fraction of sp³-hybridized carbons (Fsp3) is 0.286. The third-order valence-electron chi connectivity index (χ3n) is 4.59. The number of carbonyl (C=O) groups excluding carboxylic acids is 1. The molecule has 2 aromatic heterocycles. The number of hydrogen-bond acceptors (Lipinski definition) is 5. The van der Waals surface area contributed by atoms with Crippen LogP contribution in [0.1, 0.15) is 29.9 Å². The lowest BCUT2D eigenvalue weighted by molar-refractivity contribution is 0.0946. The fourth-order valence-electron chi connectivity index (χ4n) is 3.32. The van der Waals surface area contributed by atoms with E-state index in [-0.39, 0.29) is 5.91 Å². The van der Waals surface area contributed by atoms with Gasteiger partial charge in [-0.15, -0.1) is 0 Å². The number of carbonyl (C=O) groups is 1. The molecule has 0 aliphatic carbocycles. The molecule has 3 aromatic rings. The van der Waals surface area contributed by atoms with Crippen molar-refractivity contribution in [3.8, 4) is 34.3 Å². The van der Waals surface area contributed by atoms with Crippen molar-refractivity contribution in [2.75, 3.05) is 19.8 Å². The van der Waals surface area contributed by atoms with Crippen molar-refractivity contribution in [3.05, 3.63) is 46.7 Å². The molecule has 0 atom stereocenters. The van der Waals surface area contributed by atoms with Crippen LogP contribution < -0.4 is 14.8 Å².